The van der Waals surface area contributed by atoms with Crippen molar-refractivity contribution >= 4 is 28.0 Å². The minimum atomic E-state index is -0.122. The van der Waals surface area contributed by atoms with E-state index in [4.69, 9.17) is 5.73 Å². The van der Waals surface area contributed by atoms with E-state index < -0.39 is 0 Å². The summed E-state index contributed by atoms with van der Waals surface area (Å²) in [4.78, 5) is 15.9. The van der Waals surface area contributed by atoms with Gasteiger partial charge in [0.05, 0.1) is 18.7 Å². The Kier molecular flexibility index (Phi) is 3.30. The molecule has 3 rings (SSSR count). The molecule has 0 unspecified atom stereocenters. The smallest absolute Gasteiger partial charge is 0.226 e. The average Bonchev–Trinajstić information content (AvgIpc) is 3.03. The first kappa shape index (κ1) is 12.5. The number of carbonyl (C=O) groups excluding carboxylic acids is 1. The second kappa shape index (κ2) is 5.25. The van der Waals surface area contributed by atoms with Crippen LogP contribution in [0.25, 0.3) is 5.65 Å². The number of hydrogen-bond acceptors (Lipinski definition) is 6. The van der Waals surface area contributed by atoms with Crippen molar-refractivity contribution in [3.05, 3.63) is 41.3 Å². The Balaban J connectivity index is 1.63. The van der Waals surface area contributed by atoms with Gasteiger partial charge in [0.2, 0.25) is 5.91 Å². The van der Waals surface area contributed by atoms with Gasteiger partial charge in [-0.25, -0.2) is 4.98 Å². The van der Waals surface area contributed by atoms with Gasteiger partial charge in [0.25, 0.3) is 0 Å². The summed E-state index contributed by atoms with van der Waals surface area (Å²) in [5, 5.41) is 13.1. The highest BCUT2D eigenvalue weighted by Gasteiger charge is 2.09. The van der Waals surface area contributed by atoms with Crippen LogP contribution in [0.5, 0.6) is 0 Å². The molecule has 0 atom stereocenters. The molecule has 1 amide bonds. The van der Waals surface area contributed by atoms with E-state index in [1.807, 2.05) is 28.8 Å². The van der Waals surface area contributed by atoms with Crippen molar-refractivity contribution in [3.63, 3.8) is 0 Å². The SMILES string of the molecule is Nc1nc(CC(=O)NCc2nnc3ccccn23)cs1. The lowest BCUT2D eigenvalue weighted by Gasteiger charge is -2.02. The second-order valence-electron chi connectivity index (χ2n) is 4.18. The van der Waals surface area contributed by atoms with Gasteiger partial charge in [-0.05, 0) is 12.1 Å². The fraction of sp³-hybridized carbons (Fsp3) is 0.167. The lowest BCUT2D eigenvalue weighted by atomic mass is 10.3. The van der Waals surface area contributed by atoms with Crippen molar-refractivity contribution in [2.24, 2.45) is 0 Å². The number of anilines is 1. The van der Waals surface area contributed by atoms with E-state index in [1.54, 1.807) is 5.38 Å². The van der Waals surface area contributed by atoms with Crippen LogP contribution >= 0.6 is 11.3 Å². The molecule has 0 bridgehead atoms. The number of nitrogens with one attached hydrogen (secondary N) is 1. The first-order valence-corrected chi connectivity index (χ1v) is 6.85. The van der Waals surface area contributed by atoms with Crippen LogP contribution in [0.3, 0.4) is 0 Å². The first-order valence-electron chi connectivity index (χ1n) is 5.97. The summed E-state index contributed by atoms with van der Waals surface area (Å²) < 4.78 is 1.83. The Hall–Kier alpha value is -2.48. The van der Waals surface area contributed by atoms with E-state index in [0.717, 1.165) is 5.65 Å². The van der Waals surface area contributed by atoms with Gasteiger partial charge in [-0.2, -0.15) is 0 Å². The predicted molar refractivity (Wildman–Crippen MR) is 75.1 cm³/mol. The van der Waals surface area contributed by atoms with Gasteiger partial charge in [-0.15, -0.1) is 21.5 Å². The Morgan fingerprint density at radius 3 is 3.10 bits per heavy atom. The molecule has 3 heterocycles. The molecule has 0 aliphatic rings. The van der Waals surface area contributed by atoms with E-state index in [2.05, 4.69) is 20.5 Å². The molecule has 102 valence electrons. The molecule has 0 aliphatic heterocycles. The normalized spacial score (nSPS) is 10.8. The molecule has 0 aliphatic carbocycles. The van der Waals surface area contributed by atoms with E-state index in [0.29, 0.717) is 23.2 Å². The zero-order valence-electron chi connectivity index (χ0n) is 10.5. The number of carbonyl (C=O) groups is 1. The molecular weight excluding hydrogens is 276 g/mol. The topological polar surface area (TPSA) is 98.2 Å². The maximum atomic E-state index is 11.8. The van der Waals surface area contributed by atoms with Crippen LogP contribution < -0.4 is 11.1 Å². The largest absolute Gasteiger partial charge is 0.375 e. The van der Waals surface area contributed by atoms with Crippen LogP contribution in [0.2, 0.25) is 0 Å². The van der Waals surface area contributed by atoms with Gasteiger partial charge >= 0.3 is 0 Å². The first-order chi connectivity index (χ1) is 9.72. The zero-order valence-corrected chi connectivity index (χ0v) is 11.3. The number of amides is 1. The van der Waals surface area contributed by atoms with Crippen LogP contribution in [-0.2, 0) is 17.8 Å². The molecule has 0 saturated carbocycles. The summed E-state index contributed by atoms with van der Waals surface area (Å²) in [7, 11) is 0. The summed E-state index contributed by atoms with van der Waals surface area (Å²) in [5.41, 5.74) is 6.95. The van der Waals surface area contributed by atoms with Crippen molar-refractivity contribution in [3.8, 4) is 0 Å². The van der Waals surface area contributed by atoms with Crippen molar-refractivity contribution in [2.45, 2.75) is 13.0 Å². The summed E-state index contributed by atoms with van der Waals surface area (Å²) in [6, 6.07) is 5.63. The quantitative estimate of drug-likeness (QED) is 0.733. The molecule has 20 heavy (non-hydrogen) atoms. The van der Waals surface area contributed by atoms with Gasteiger partial charge in [0.15, 0.2) is 16.6 Å². The maximum absolute atomic E-state index is 11.8. The third-order valence-electron chi connectivity index (χ3n) is 2.74. The molecule has 0 saturated heterocycles. The van der Waals surface area contributed by atoms with E-state index in [-0.39, 0.29) is 12.3 Å². The van der Waals surface area contributed by atoms with Crippen molar-refractivity contribution in [2.75, 3.05) is 5.73 Å². The van der Waals surface area contributed by atoms with Crippen LogP contribution in [0.15, 0.2) is 29.8 Å². The fourth-order valence-corrected chi connectivity index (χ4v) is 2.38. The molecule has 3 aromatic rings. The van der Waals surface area contributed by atoms with Crippen LogP contribution in [0.4, 0.5) is 5.13 Å². The van der Waals surface area contributed by atoms with Crippen molar-refractivity contribution in [1.29, 1.82) is 0 Å². The third kappa shape index (κ3) is 2.59. The van der Waals surface area contributed by atoms with Crippen LogP contribution in [0.1, 0.15) is 11.5 Å². The molecular formula is C12H12N6OS. The second-order valence-corrected chi connectivity index (χ2v) is 5.07. The lowest BCUT2D eigenvalue weighted by Crippen LogP contribution is -2.25. The van der Waals surface area contributed by atoms with Gasteiger partial charge in [-0.1, -0.05) is 6.07 Å². The fourth-order valence-electron chi connectivity index (χ4n) is 1.82. The monoisotopic (exact) mass is 288 g/mol. The van der Waals surface area contributed by atoms with Crippen molar-refractivity contribution in [1.82, 2.24) is 24.9 Å². The van der Waals surface area contributed by atoms with E-state index in [1.165, 1.54) is 11.3 Å². The lowest BCUT2D eigenvalue weighted by molar-refractivity contribution is -0.120. The Morgan fingerprint density at radius 1 is 1.40 bits per heavy atom. The summed E-state index contributed by atoms with van der Waals surface area (Å²) in [6.07, 6.45) is 2.07. The molecule has 7 nitrogen and oxygen atoms in total. The molecule has 0 aromatic carbocycles. The molecule has 0 radical (unpaired) electrons. The minimum absolute atomic E-state index is 0.122. The number of rotatable bonds is 4. The standard InChI is InChI=1S/C12H12N6OS/c13-12-15-8(7-20-12)5-11(19)14-6-10-17-16-9-3-1-2-4-18(9)10/h1-4,7H,5-6H2,(H2,13,15)(H,14,19). The van der Waals surface area contributed by atoms with Gasteiger partial charge in [0, 0.05) is 11.6 Å². The van der Waals surface area contributed by atoms with Crippen LogP contribution in [-0.4, -0.2) is 25.5 Å². The van der Waals surface area contributed by atoms with Crippen LogP contribution in [0, 0.1) is 0 Å². The number of pyridine rings is 1. The number of thiazole rings is 1. The van der Waals surface area contributed by atoms with Gasteiger partial charge in [0.1, 0.15) is 0 Å². The van der Waals surface area contributed by atoms with Gasteiger partial charge in [-0.3, -0.25) is 9.20 Å². The van der Waals surface area contributed by atoms with E-state index >= 15 is 0 Å². The number of nitrogens with two attached hydrogens (primary N) is 1. The summed E-state index contributed by atoms with van der Waals surface area (Å²) in [6.45, 7) is 0.323. The number of nitrogens with zero attached hydrogens (tertiary/aromatic N) is 4. The summed E-state index contributed by atoms with van der Waals surface area (Å²) >= 11 is 1.32. The molecule has 3 aromatic heterocycles. The van der Waals surface area contributed by atoms with Crippen molar-refractivity contribution < 1.29 is 4.79 Å². The Morgan fingerprint density at radius 2 is 2.30 bits per heavy atom. The molecule has 8 heteroatoms. The summed E-state index contributed by atoms with van der Waals surface area (Å²) in [5.74, 6) is 0.565. The Bertz CT molecular complexity index is 749. The average molecular weight is 288 g/mol. The molecule has 3 N–H and O–H groups in total. The van der Waals surface area contributed by atoms with E-state index in [9.17, 15) is 4.79 Å². The number of fused-ring (bicyclic) bond motifs is 1. The number of nitrogen functional groups attached to an aromatic ring is 1. The highest BCUT2D eigenvalue weighted by atomic mass is 32.1. The number of hydrogen-bond donors (Lipinski definition) is 2. The number of aromatic nitrogens is 4. The highest BCUT2D eigenvalue weighted by Crippen LogP contribution is 2.11. The maximum Gasteiger partial charge on any atom is 0.226 e. The third-order valence-corrected chi connectivity index (χ3v) is 3.46. The Labute approximate surface area is 118 Å². The zero-order chi connectivity index (χ0) is 13.9. The molecule has 0 spiro atoms. The predicted octanol–water partition coefficient (Wildman–Crippen LogP) is 0.627. The highest BCUT2D eigenvalue weighted by molar-refractivity contribution is 7.13. The molecule has 0 fully saturated rings. The van der Waals surface area contributed by atoms with Gasteiger partial charge < -0.3 is 11.1 Å². The minimum Gasteiger partial charge on any atom is -0.375 e.